The predicted molar refractivity (Wildman–Crippen MR) is 71.3 cm³/mol. The van der Waals surface area contributed by atoms with Crippen LogP contribution in [0, 0.1) is 17.3 Å². The Morgan fingerprint density at radius 3 is 2.75 bits per heavy atom. The Balaban J connectivity index is 2.10. The molecule has 1 aromatic rings. The van der Waals surface area contributed by atoms with E-state index >= 15 is 0 Å². The van der Waals surface area contributed by atoms with Crippen LogP contribution in [-0.4, -0.2) is 4.57 Å². The molecule has 0 spiro atoms. The molecule has 0 radical (unpaired) electrons. The van der Waals surface area contributed by atoms with Crippen LogP contribution in [0.5, 0.6) is 0 Å². The molecule has 4 rings (SSSR count). The van der Waals surface area contributed by atoms with E-state index in [0.29, 0.717) is 5.41 Å². The van der Waals surface area contributed by atoms with E-state index in [4.69, 9.17) is 0 Å². The van der Waals surface area contributed by atoms with Crippen LogP contribution in [0.4, 0.5) is 0 Å². The highest BCUT2D eigenvalue weighted by Gasteiger charge is 2.53. The molecule has 0 N–H and O–H groups in total. The van der Waals surface area contributed by atoms with Crippen molar-refractivity contribution in [1.82, 2.24) is 4.57 Å². The zero-order valence-electron chi connectivity index (χ0n) is 10.1. The van der Waals surface area contributed by atoms with Gasteiger partial charge >= 0.3 is 0 Å². The van der Waals surface area contributed by atoms with Crippen molar-refractivity contribution in [3.63, 3.8) is 0 Å². The number of nitrogens with zero attached hydrogens (tertiary/aromatic N) is 1. The maximum Gasteiger partial charge on any atom is 0.0447 e. The number of allylic oxidation sites excluding steroid dienone is 2. The van der Waals surface area contributed by atoms with Gasteiger partial charge in [0.25, 0.3) is 0 Å². The van der Waals surface area contributed by atoms with Crippen molar-refractivity contribution < 1.29 is 0 Å². The Morgan fingerprint density at radius 1 is 1.44 bits per heavy atom. The van der Waals surface area contributed by atoms with Gasteiger partial charge in [-0.25, -0.2) is 0 Å². The molecule has 3 aliphatic carbocycles. The Morgan fingerprint density at radius 2 is 2.19 bits per heavy atom. The second kappa shape index (κ2) is 3.25. The molecular formula is C14H18BrN. The molecule has 3 aliphatic rings. The number of hydrogen-bond donors (Lipinski definition) is 0. The third kappa shape index (κ3) is 1.22. The molecule has 86 valence electrons. The first-order valence-corrected chi connectivity index (χ1v) is 6.81. The summed E-state index contributed by atoms with van der Waals surface area (Å²) in [4.78, 5) is 0. The summed E-state index contributed by atoms with van der Waals surface area (Å²) in [7, 11) is 2.14. The van der Waals surface area contributed by atoms with Crippen molar-refractivity contribution in [3.8, 4) is 0 Å². The molecule has 2 heteroatoms. The summed E-state index contributed by atoms with van der Waals surface area (Å²) in [5.74, 6) is 1.63. The largest absolute Gasteiger partial charge is 0.351 e. The number of aryl methyl sites for hydroxylation is 1. The molecule has 0 amide bonds. The molecule has 0 aromatic carbocycles. The van der Waals surface area contributed by atoms with Gasteiger partial charge in [-0.2, -0.15) is 0 Å². The molecule has 16 heavy (non-hydrogen) atoms. The smallest absolute Gasteiger partial charge is 0.0447 e. The fraction of sp³-hybridized carbons (Fsp3) is 0.571. The molecule has 1 fully saturated rings. The minimum atomic E-state index is 0.497. The summed E-state index contributed by atoms with van der Waals surface area (Å²) in [6.45, 7) is 4.85. The molecule has 1 heterocycles. The van der Waals surface area contributed by atoms with Crippen molar-refractivity contribution >= 4 is 21.5 Å². The first kappa shape index (κ1) is 10.6. The van der Waals surface area contributed by atoms with Crippen molar-refractivity contribution in [2.24, 2.45) is 24.3 Å². The quantitative estimate of drug-likeness (QED) is 0.726. The van der Waals surface area contributed by atoms with E-state index in [9.17, 15) is 0 Å². The fourth-order valence-electron chi connectivity index (χ4n) is 3.43. The first-order valence-electron chi connectivity index (χ1n) is 6.02. The summed E-state index contributed by atoms with van der Waals surface area (Å²) < 4.78 is 3.68. The molecule has 1 nitrogen and oxygen atoms in total. The van der Waals surface area contributed by atoms with Gasteiger partial charge in [-0.3, -0.25) is 0 Å². The summed E-state index contributed by atoms with van der Waals surface area (Å²) in [5, 5.41) is 0. The van der Waals surface area contributed by atoms with Crippen LogP contribution < -0.4 is 0 Å². The predicted octanol–water partition coefficient (Wildman–Crippen LogP) is 4.20. The van der Waals surface area contributed by atoms with E-state index in [0.717, 1.165) is 11.8 Å². The van der Waals surface area contributed by atoms with Gasteiger partial charge in [-0.05, 0) is 47.8 Å². The molecule has 1 aromatic heterocycles. The molecule has 1 saturated carbocycles. The average Bonchev–Trinajstić information content (AvgIpc) is 2.64. The SMILES string of the molecule is Cn1cccc1C1=C(Br)CC2CC1C2(C)C. The van der Waals surface area contributed by atoms with Crippen molar-refractivity contribution in [2.45, 2.75) is 26.7 Å². The standard InChI is InChI=1S/C14H18BrN/c1-14(2)9-7-10(14)13(11(15)8-9)12-5-4-6-16(12)3/h4-6,9-10H,7-8H2,1-3H3. The molecule has 2 bridgehead atoms. The minimum Gasteiger partial charge on any atom is -0.351 e. The van der Waals surface area contributed by atoms with E-state index in [1.165, 1.54) is 23.0 Å². The highest BCUT2D eigenvalue weighted by atomic mass is 79.9. The Bertz CT molecular complexity index is 467. The van der Waals surface area contributed by atoms with Crippen molar-refractivity contribution in [2.75, 3.05) is 0 Å². The maximum atomic E-state index is 3.80. The van der Waals surface area contributed by atoms with Crippen LogP contribution in [0.3, 0.4) is 0 Å². The van der Waals surface area contributed by atoms with E-state index < -0.39 is 0 Å². The molecule has 0 saturated heterocycles. The highest BCUT2D eigenvalue weighted by molar-refractivity contribution is 9.11. The monoisotopic (exact) mass is 279 g/mol. The van der Waals surface area contributed by atoms with E-state index in [1.54, 1.807) is 5.57 Å². The molecule has 2 unspecified atom stereocenters. The van der Waals surface area contributed by atoms with Gasteiger partial charge in [0.1, 0.15) is 0 Å². The highest BCUT2D eigenvalue weighted by Crippen LogP contribution is 2.64. The van der Waals surface area contributed by atoms with Crippen LogP contribution >= 0.6 is 15.9 Å². The third-order valence-electron chi connectivity index (χ3n) is 4.76. The van der Waals surface area contributed by atoms with Crippen LogP contribution in [-0.2, 0) is 7.05 Å². The Hall–Kier alpha value is -0.500. The van der Waals surface area contributed by atoms with Gasteiger partial charge in [0.05, 0.1) is 0 Å². The second-order valence-electron chi connectivity index (χ2n) is 5.83. The van der Waals surface area contributed by atoms with Crippen LogP contribution in [0.2, 0.25) is 0 Å². The summed E-state index contributed by atoms with van der Waals surface area (Å²) >= 11 is 3.80. The third-order valence-corrected chi connectivity index (χ3v) is 5.51. The number of halogens is 1. The number of fused-ring (bicyclic) bond motifs is 1. The van der Waals surface area contributed by atoms with Crippen molar-refractivity contribution in [1.29, 1.82) is 0 Å². The maximum absolute atomic E-state index is 3.80. The molecule has 0 aliphatic heterocycles. The molecule has 2 atom stereocenters. The number of hydrogen-bond acceptors (Lipinski definition) is 0. The van der Waals surface area contributed by atoms with Gasteiger partial charge in [0, 0.05) is 23.4 Å². The molecular weight excluding hydrogens is 262 g/mol. The van der Waals surface area contributed by atoms with Gasteiger partial charge in [0.15, 0.2) is 0 Å². The van der Waals surface area contributed by atoms with E-state index in [1.807, 2.05) is 0 Å². The zero-order valence-corrected chi connectivity index (χ0v) is 11.7. The van der Waals surface area contributed by atoms with Crippen LogP contribution in [0.25, 0.3) is 5.57 Å². The van der Waals surface area contributed by atoms with Crippen LogP contribution in [0.15, 0.2) is 22.8 Å². The van der Waals surface area contributed by atoms with E-state index in [-0.39, 0.29) is 0 Å². The number of rotatable bonds is 1. The average molecular weight is 280 g/mol. The van der Waals surface area contributed by atoms with Gasteiger partial charge in [-0.15, -0.1) is 0 Å². The zero-order chi connectivity index (χ0) is 11.5. The summed E-state index contributed by atoms with van der Waals surface area (Å²) in [6, 6.07) is 4.38. The van der Waals surface area contributed by atoms with Gasteiger partial charge < -0.3 is 4.57 Å². The topological polar surface area (TPSA) is 4.93 Å². The van der Waals surface area contributed by atoms with Gasteiger partial charge in [0.2, 0.25) is 0 Å². The number of aromatic nitrogens is 1. The Kier molecular flexibility index (Phi) is 2.16. The summed E-state index contributed by atoms with van der Waals surface area (Å²) in [6.07, 6.45) is 4.74. The lowest BCUT2D eigenvalue weighted by Crippen LogP contribution is -2.48. The first-order chi connectivity index (χ1) is 7.51. The van der Waals surface area contributed by atoms with Gasteiger partial charge in [-0.1, -0.05) is 29.8 Å². The van der Waals surface area contributed by atoms with Crippen LogP contribution in [0.1, 0.15) is 32.4 Å². The summed E-state index contributed by atoms with van der Waals surface area (Å²) in [5.41, 5.74) is 3.44. The Labute approximate surface area is 106 Å². The van der Waals surface area contributed by atoms with Crippen molar-refractivity contribution in [3.05, 3.63) is 28.5 Å². The lowest BCUT2D eigenvalue weighted by molar-refractivity contribution is 0.0100. The lowest BCUT2D eigenvalue weighted by atomic mass is 9.48. The minimum absolute atomic E-state index is 0.497. The lowest BCUT2D eigenvalue weighted by Gasteiger charge is -2.57. The van der Waals surface area contributed by atoms with E-state index in [2.05, 4.69) is 59.7 Å². The second-order valence-corrected chi connectivity index (χ2v) is 6.79. The fourth-order valence-corrected chi connectivity index (χ4v) is 4.30. The normalized spacial score (nSPS) is 31.5.